The van der Waals surface area contributed by atoms with Crippen molar-refractivity contribution in [3.05, 3.63) is 29.3 Å². The number of benzene rings is 1. The minimum Gasteiger partial charge on any atom is -0.461 e. The average molecular weight is 370 g/mol. The summed E-state index contributed by atoms with van der Waals surface area (Å²) in [6.07, 6.45) is 4.79. The summed E-state index contributed by atoms with van der Waals surface area (Å²) in [7, 11) is -4.19. The van der Waals surface area contributed by atoms with E-state index in [-0.39, 0.29) is 17.5 Å². The van der Waals surface area contributed by atoms with Gasteiger partial charge in [-0.15, -0.1) is 0 Å². The molecule has 2 rings (SSSR count). The Balaban J connectivity index is 2.01. The maximum Gasteiger partial charge on any atom is 0.338 e. The summed E-state index contributed by atoms with van der Waals surface area (Å²) in [5.41, 5.74) is 0.853. The van der Waals surface area contributed by atoms with Gasteiger partial charge in [-0.05, 0) is 37.5 Å². The smallest absolute Gasteiger partial charge is 0.338 e. The molecule has 1 aliphatic rings. The minimum absolute atomic E-state index is 0.112. The van der Waals surface area contributed by atoms with E-state index in [0.29, 0.717) is 11.3 Å². The van der Waals surface area contributed by atoms with Gasteiger partial charge in [-0.2, -0.15) is 8.42 Å². The number of esters is 2. The number of rotatable bonds is 6. The van der Waals surface area contributed by atoms with Crippen LogP contribution in [0.25, 0.3) is 0 Å². The second-order valence-electron chi connectivity index (χ2n) is 6.16. The van der Waals surface area contributed by atoms with Gasteiger partial charge in [-0.3, -0.25) is 9.35 Å². The predicted octanol–water partition coefficient (Wildman–Crippen LogP) is 2.53. The summed E-state index contributed by atoms with van der Waals surface area (Å²) >= 11 is 0. The quantitative estimate of drug-likeness (QED) is 0.466. The first-order valence-corrected chi connectivity index (χ1v) is 9.82. The Kier molecular flexibility index (Phi) is 6.55. The van der Waals surface area contributed by atoms with Gasteiger partial charge in [-0.1, -0.05) is 25.3 Å². The van der Waals surface area contributed by atoms with Crippen molar-refractivity contribution in [2.24, 2.45) is 5.92 Å². The summed E-state index contributed by atoms with van der Waals surface area (Å²) in [4.78, 5) is 24.2. The van der Waals surface area contributed by atoms with E-state index in [1.807, 2.05) is 0 Å². The highest BCUT2D eigenvalue weighted by molar-refractivity contribution is 7.85. The third kappa shape index (κ3) is 6.13. The molecule has 0 heterocycles. The highest BCUT2D eigenvalue weighted by Crippen LogP contribution is 2.27. The van der Waals surface area contributed by atoms with Crippen LogP contribution in [0.5, 0.6) is 5.75 Å². The second-order valence-corrected chi connectivity index (χ2v) is 7.73. The van der Waals surface area contributed by atoms with Crippen molar-refractivity contribution in [2.75, 3.05) is 12.4 Å². The number of ether oxygens (including phenoxy) is 2. The normalized spacial score (nSPS) is 15.6. The SMILES string of the molecule is Cc1ccc(C(=O)OCCS(=O)(=O)O)cc1OC(=O)C1CCCCC1. The Morgan fingerprint density at radius 3 is 2.52 bits per heavy atom. The average Bonchev–Trinajstić information content (AvgIpc) is 2.56. The van der Waals surface area contributed by atoms with Crippen molar-refractivity contribution < 1.29 is 32.0 Å². The Hall–Kier alpha value is -1.93. The van der Waals surface area contributed by atoms with Gasteiger partial charge in [-0.25, -0.2) is 4.79 Å². The number of hydrogen-bond acceptors (Lipinski definition) is 6. The van der Waals surface area contributed by atoms with E-state index in [4.69, 9.17) is 14.0 Å². The van der Waals surface area contributed by atoms with Crippen molar-refractivity contribution in [1.82, 2.24) is 0 Å². The van der Waals surface area contributed by atoms with Crippen LogP contribution in [0.15, 0.2) is 18.2 Å². The Bertz CT molecular complexity index is 733. The van der Waals surface area contributed by atoms with Crippen LogP contribution < -0.4 is 4.74 Å². The standard InChI is InChI=1S/C17H22O7S/c1-12-7-8-14(16(18)23-9-10-25(20,21)22)11-15(12)24-17(19)13-5-3-2-4-6-13/h7-8,11,13H,2-6,9-10H2,1H3,(H,20,21,22). The van der Waals surface area contributed by atoms with Gasteiger partial charge in [0.1, 0.15) is 18.1 Å². The third-order valence-corrected chi connectivity index (χ3v) is 4.83. The van der Waals surface area contributed by atoms with E-state index in [0.717, 1.165) is 32.1 Å². The van der Waals surface area contributed by atoms with Gasteiger partial charge < -0.3 is 9.47 Å². The molecule has 8 heteroatoms. The van der Waals surface area contributed by atoms with Crippen LogP contribution in [-0.2, 0) is 19.6 Å². The lowest BCUT2D eigenvalue weighted by Gasteiger charge is -2.20. The molecule has 0 saturated heterocycles. The molecular formula is C17H22O7S. The first kappa shape index (κ1) is 19.4. The van der Waals surface area contributed by atoms with E-state index in [1.54, 1.807) is 13.0 Å². The summed E-state index contributed by atoms with van der Waals surface area (Å²) in [5, 5.41) is 0. The molecule has 0 aromatic heterocycles. The molecule has 7 nitrogen and oxygen atoms in total. The molecule has 0 spiro atoms. The molecule has 0 radical (unpaired) electrons. The van der Waals surface area contributed by atoms with Gasteiger partial charge in [0.2, 0.25) is 0 Å². The monoisotopic (exact) mass is 370 g/mol. The molecule has 0 atom stereocenters. The van der Waals surface area contributed by atoms with Crippen molar-refractivity contribution >= 4 is 22.1 Å². The first-order valence-electron chi connectivity index (χ1n) is 8.21. The summed E-state index contributed by atoms with van der Waals surface area (Å²) in [5.74, 6) is -1.54. The van der Waals surface area contributed by atoms with Crippen LogP contribution in [0.2, 0.25) is 0 Å². The van der Waals surface area contributed by atoms with E-state index in [2.05, 4.69) is 0 Å². The number of carbonyl (C=O) groups is 2. The van der Waals surface area contributed by atoms with Crippen LogP contribution in [0, 0.1) is 12.8 Å². The third-order valence-electron chi connectivity index (χ3n) is 4.15. The number of carbonyl (C=O) groups excluding carboxylic acids is 2. The number of aryl methyl sites for hydroxylation is 1. The van der Waals surface area contributed by atoms with Crippen molar-refractivity contribution in [3.8, 4) is 5.75 Å². The fourth-order valence-corrected chi connectivity index (χ4v) is 2.98. The maximum atomic E-state index is 12.3. The molecule has 1 N–H and O–H groups in total. The molecule has 1 aliphatic carbocycles. The largest absolute Gasteiger partial charge is 0.461 e. The lowest BCUT2D eigenvalue weighted by molar-refractivity contribution is -0.140. The van der Waals surface area contributed by atoms with Crippen LogP contribution in [0.1, 0.15) is 48.0 Å². The van der Waals surface area contributed by atoms with Gasteiger partial charge in [0.15, 0.2) is 0 Å². The minimum atomic E-state index is -4.19. The van der Waals surface area contributed by atoms with Crippen molar-refractivity contribution in [3.63, 3.8) is 0 Å². The zero-order chi connectivity index (χ0) is 18.4. The number of hydrogen-bond donors (Lipinski definition) is 1. The van der Waals surface area contributed by atoms with Gasteiger partial charge >= 0.3 is 11.9 Å². The molecule has 1 aromatic rings. The molecule has 0 bridgehead atoms. The first-order chi connectivity index (χ1) is 11.8. The molecule has 0 aliphatic heterocycles. The molecule has 0 amide bonds. The molecule has 1 fully saturated rings. The van der Waals surface area contributed by atoms with Gasteiger partial charge in [0.25, 0.3) is 10.1 Å². The van der Waals surface area contributed by atoms with Crippen molar-refractivity contribution in [2.45, 2.75) is 39.0 Å². The lowest BCUT2D eigenvalue weighted by atomic mass is 9.89. The van der Waals surface area contributed by atoms with Crippen LogP contribution in [0.3, 0.4) is 0 Å². The molecule has 0 unspecified atom stereocenters. The van der Waals surface area contributed by atoms with Crippen molar-refractivity contribution in [1.29, 1.82) is 0 Å². The Morgan fingerprint density at radius 1 is 1.20 bits per heavy atom. The molecule has 1 saturated carbocycles. The maximum absolute atomic E-state index is 12.3. The molecule has 25 heavy (non-hydrogen) atoms. The molecule has 138 valence electrons. The van der Waals surface area contributed by atoms with Crippen LogP contribution in [-0.4, -0.2) is 37.3 Å². The Morgan fingerprint density at radius 2 is 1.88 bits per heavy atom. The highest BCUT2D eigenvalue weighted by atomic mass is 32.2. The summed E-state index contributed by atoms with van der Waals surface area (Å²) < 4.78 is 40.1. The van der Waals surface area contributed by atoms with Gasteiger partial charge in [0.05, 0.1) is 11.5 Å². The molecular weight excluding hydrogens is 348 g/mol. The second kappa shape index (κ2) is 8.44. The highest BCUT2D eigenvalue weighted by Gasteiger charge is 2.24. The zero-order valence-corrected chi connectivity index (χ0v) is 14.9. The van der Waals surface area contributed by atoms with E-state index < -0.39 is 28.4 Å². The Labute approximate surface area is 147 Å². The van der Waals surface area contributed by atoms with E-state index in [1.165, 1.54) is 12.1 Å². The fourth-order valence-electron chi connectivity index (χ4n) is 2.69. The molecule has 1 aromatic carbocycles. The summed E-state index contributed by atoms with van der Waals surface area (Å²) in [6.45, 7) is 1.31. The van der Waals surface area contributed by atoms with E-state index >= 15 is 0 Å². The lowest BCUT2D eigenvalue weighted by Crippen LogP contribution is -2.23. The topological polar surface area (TPSA) is 107 Å². The predicted molar refractivity (Wildman–Crippen MR) is 90.1 cm³/mol. The van der Waals surface area contributed by atoms with Gasteiger partial charge in [0, 0.05) is 0 Å². The summed E-state index contributed by atoms with van der Waals surface area (Å²) in [6, 6.07) is 4.54. The van der Waals surface area contributed by atoms with Crippen LogP contribution in [0.4, 0.5) is 0 Å². The van der Waals surface area contributed by atoms with Crippen LogP contribution >= 0.6 is 0 Å². The van der Waals surface area contributed by atoms with E-state index in [9.17, 15) is 18.0 Å². The fraction of sp³-hybridized carbons (Fsp3) is 0.529. The zero-order valence-electron chi connectivity index (χ0n) is 14.1.